The van der Waals surface area contributed by atoms with Crippen molar-refractivity contribution in [1.29, 1.82) is 0 Å². The number of carbonyl (C=O) groups excluding carboxylic acids is 1. The summed E-state index contributed by atoms with van der Waals surface area (Å²) in [5.41, 5.74) is 7.71. The van der Waals surface area contributed by atoms with Crippen LogP contribution in [0.15, 0.2) is 59.1 Å². The molecule has 0 saturated carbocycles. The largest absolute Gasteiger partial charge is 0.325 e. The van der Waals surface area contributed by atoms with Crippen LogP contribution in [0.5, 0.6) is 0 Å². The predicted octanol–water partition coefficient (Wildman–Crippen LogP) is 2.96. The summed E-state index contributed by atoms with van der Waals surface area (Å²) in [6.07, 6.45) is 0.531. The van der Waals surface area contributed by atoms with Gasteiger partial charge in [0.25, 0.3) is 0 Å². The molecule has 3 nitrogen and oxygen atoms in total. The van der Waals surface area contributed by atoms with E-state index < -0.39 is 6.04 Å². The first-order valence-corrected chi connectivity index (χ1v) is 6.80. The highest BCUT2D eigenvalue weighted by Gasteiger charge is 2.13. The lowest BCUT2D eigenvalue weighted by atomic mass is 10.1. The molecule has 0 spiro atoms. The lowest BCUT2D eigenvalue weighted by Crippen LogP contribution is -2.37. The topological polar surface area (TPSA) is 55.1 Å². The molecule has 1 atom stereocenters. The summed E-state index contributed by atoms with van der Waals surface area (Å²) in [6.45, 7) is 0. The molecule has 3 N–H and O–H groups in total. The van der Waals surface area contributed by atoms with Crippen molar-refractivity contribution < 1.29 is 4.79 Å². The highest BCUT2D eigenvalue weighted by atomic mass is 79.9. The molecular formula is C15H15BrN2O. The summed E-state index contributed by atoms with van der Waals surface area (Å²) in [4.78, 5) is 12.0. The first-order chi connectivity index (χ1) is 9.15. The van der Waals surface area contributed by atoms with Gasteiger partial charge in [0.1, 0.15) is 0 Å². The van der Waals surface area contributed by atoms with Crippen molar-refractivity contribution in [3.05, 3.63) is 64.6 Å². The van der Waals surface area contributed by atoms with Gasteiger partial charge < -0.3 is 11.1 Å². The van der Waals surface area contributed by atoms with Gasteiger partial charge >= 0.3 is 0 Å². The Hall–Kier alpha value is -1.65. The molecule has 0 fully saturated rings. The van der Waals surface area contributed by atoms with Crippen molar-refractivity contribution in [2.75, 3.05) is 5.32 Å². The second-order valence-corrected chi connectivity index (χ2v) is 5.21. The number of nitrogens with one attached hydrogen (secondary N) is 1. The van der Waals surface area contributed by atoms with Gasteiger partial charge in [0.05, 0.1) is 6.04 Å². The van der Waals surface area contributed by atoms with Crippen LogP contribution in [-0.2, 0) is 11.2 Å². The Bertz CT molecular complexity index is 540. The van der Waals surface area contributed by atoms with E-state index in [-0.39, 0.29) is 5.91 Å². The van der Waals surface area contributed by atoms with Crippen molar-refractivity contribution in [2.24, 2.45) is 5.73 Å². The van der Waals surface area contributed by atoms with Gasteiger partial charge in [-0.15, -0.1) is 0 Å². The molecule has 0 heterocycles. The number of hydrogen-bond acceptors (Lipinski definition) is 2. The molecular weight excluding hydrogens is 304 g/mol. The highest BCUT2D eigenvalue weighted by Crippen LogP contribution is 2.14. The van der Waals surface area contributed by atoms with Gasteiger partial charge in [-0.2, -0.15) is 0 Å². The average molecular weight is 319 g/mol. The molecule has 0 aliphatic heterocycles. The Balaban J connectivity index is 1.94. The Morgan fingerprint density at radius 3 is 2.37 bits per heavy atom. The van der Waals surface area contributed by atoms with Crippen LogP contribution in [0.1, 0.15) is 5.56 Å². The van der Waals surface area contributed by atoms with E-state index in [9.17, 15) is 4.79 Å². The molecule has 98 valence electrons. The summed E-state index contributed by atoms with van der Waals surface area (Å²) >= 11 is 3.35. The van der Waals surface area contributed by atoms with Crippen molar-refractivity contribution >= 4 is 27.5 Å². The fourth-order valence-electron chi connectivity index (χ4n) is 1.73. The molecule has 1 unspecified atom stereocenters. The number of rotatable bonds is 4. The Morgan fingerprint density at radius 1 is 1.11 bits per heavy atom. The van der Waals surface area contributed by atoms with E-state index >= 15 is 0 Å². The number of benzene rings is 2. The smallest absolute Gasteiger partial charge is 0.241 e. The van der Waals surface area contributed by atoms with Crippen molar-refractivity contribution in [1.82, 2.24) is 0 Å². The first-order valence-electron chi connectivity index (χ1n) is 6.01. The molecule has 0 aromatic heterocycles. The van der Waals surface area contributed by atoms with Gasteiger partial charge in [0.15, 0.2) is 0 Å². The number of nitrogens with two attached hydrogens (primary N) is 1. The zero-order valence-corrected chi connectivity index (χ0v) is 11.9. The fraction of sp³-hybridized carbons (Fsp3) is 0.133. The molecule has 1 amide bonds. The minimum Gasteiger partial charge on any atom is -0.325 e. The van der Waals surface area contributed by atoms with E-state index in [1.54, 1.807) is 0 Å². The lowest BCUT2D eigenvalue weighted by molar-refractivity contribution is -0.117. The number of hydrogen-bond donors (Lipinski definition) is 2. The number of anilines is 1. The van der Waals surface area contributed by atoms with Crippen LogP contribution in [0.3, 0.4) is 0 Å². The molecule has 19 heavy (non-hydrogen) atoms. The number of carbonyl (C=O) groups is 1. The standard InChI is InChI=1S/C15H15BrN2O/c16-12-6-8-13(9-7-12)18-15(19)14(17)10-11-4-2-1-3-5-11/h1-9,14H,10,17H2,(H,18,19). The molecule has 0 saturated heterocycles. The summed E-state index contributed by atoms with van der Waals surface area (Å²) in [6, 6.07) is 16.6. The maximum Gasteiger partial charge on any atom is 0.241 e. The third kappa shape index (κ3) is 4.19. The summed E-state index contributed by atoms with van der Waals surface area (Å²) < 4.78 is 0.971. The Kier molecular flexibility index (Phi) is 4.71. The van der Waals surface area contributed by atoms with Gasteiger partial charge in [0, 0.05) is 10.2 Å². The third-order valence-corrected chi connectivity index (χ3v) is 3.28. The summed E-state index contributed by atoms with van der Waals surface area (Å²) in [7, 11) is 0. The molecule has 0 aliphatic carbocycles. The van der Waals surface area contributed by atoms with Crippen LogP contribution in [0.4, 0.5) is 5.69 Å². The average Bonchev–Trinajstić information content (AvgIpc) is 2.42. The number of amides is 1. The quantitative estimate of drug-likeness (QED) is 0.910. The van der Waals surface area contributed by atoms with Crippen LogP contribution in [-0.4, -0.2) is 11.9 Å². The zero-order chi connectivity index (χ0) is 13.7. The van der Waals surface area contributed by atoms with E-state index in [0.717, 1.165) is 15.7 Å². The number of halogens is 1. The maximum absolute atomic E-state index is 12.0. The molecule has 0 bridgehead atoms. The first kappa shape index (κ1) is 13.8. The van der Waals surface area contributed by atoms with E-state index in [2.05, 4.69) is 21.2 Å². The normalized spacial score (nSPS) is 11.9. The van der Waals surface area contributed by atoms with Crippen LogP contribution >= 0.6 is 15.9 Å². The Labute approximate surface area is 121 Å². The van der Waals surface area contributed by atoms with Gasteiger partial charge in [-0.1, -0.05) is 46.3 Å². The molecule has 2 aromatic rings. The van der Waals surface area contributed by atoms with E-state index in [1.165, 1.54) is 0 Å². The van der Waals surface area contributed by atoms with Gasteiger partial charge in [-0.25, -0.2) is 0 Å². The highest BCUT2D eigenvalue weighted by molar-refractivity contribution is 9.10. The summed E-state index contributed by atoms with van der Waals surface area (Å²) in [5, 5.41) is 2.80. The van der Waals surface area contributed by atoms with Crippen LogP contribution in [0.25, 0.3) is 0 Å². The zero-order valence-electron chi connectivity index (χ0n) is 10.3. The van der Waals surface area contributed by atoms with Crippen molar-refractivity contribution in [3.63, 3.8) is 0 Å². The van der Waals surface area contributed by atoms with Crippen LogP contribution in [0, 0.1) is 0 Å². The van der Waals surface area contributed by atoms with Crippen molar-refractivity contribution in [3.8, 4) is 0 Å². The second kappa shape index (κ2) is 6.50. The second-order valence-electron chi connectivity index (χ2n) is 4.29. The third-order valence-electron chi connectivity index (χ3n) is 2.75. The SMILES string of the molecule is NC(Cc1ccccc1)C(=O)Nc1ccc(Br)cc1. The molecule has 4 heteroatoms. The Morgan fingerprint density at radius 2 is 1.74 bits per heavy atom. The fourth-order valence-corrected chi connectivity index (χ4v) is 1.99. The van der Waals surface area contributed by atoms with Crippen molar-refractivity contribution in [2.45, 2.75) is 12.5 Å². The van der Waals surface area contributed by atoms with Crippen LogP contribution in [0.2, 0.25) is 0 Å². The predicted molar refractivity (Wildman–Crippen MR) is 80.9 cm³/mol. The van der Waals surface area contributed by atoms with Crippen LogP contribution < -0.4 is 11.1 Å². The minimum atomic E-state index is -0.550. The molecule has 2 rings (SSSR count). The van der Waals surface area contributed by atoms with Gasteiger partial charge in [-0.3, -0.25) is 4.79 Å². The van der Waals surface area contributed by atoms with Gasteiger partial charge in [0.2, 0.25) is 5.91 Å². The molecule has 0 aliphatic rings. The molecule has 0 radical (unpaired) electrons. The van der Waals surface area contributed by atoms with Gasteiger partial charge in [-0.05, 0) is 36.2 Å². The lowest BCUT2D eigenvalue weighted by Gasteiger charge is -2.12. The van der Waals surface area contributed by atoms with E-state index in [4.69, 9.17) is 5.73 Å². The summed E-state index contributed by atoms with van der Waals surface area (Å²) in [5.74, 6) is -0.175. The molecule has 2 aromatic carbocycles. The maximum atomic E-state index is 12.0. The minimum absolute atomic E-state index is 0.175. The monoisotopic (exact) mass is 318 g/mol. The van der Waals surface area contributed by atoms with E-state index in [1.807, 2.05) is 54.6 Å². The van der Waals surface area contributed by atoms with E-state index in [0.29, 0.717) is 6.42 Å².